The van der Waals surface area contributed by atoms with Gasteiger partial charge in [0.1, 0.15) is 6.54 Å². The summed E-state index contributed by atoms with van der Waals surface area (Å²) < 4.78 is 7.11. The van der Waals surface area contributed by atoms with Crippen molar-refractivity contribution in [1.29, 1.82) is 0 Å². The van der Waals surface area contributed by atoms with Crippen molar-refractivity contribution in [3.8, 4) is 11.1 Å². The predicted octanol–water partition coefficient (Wildman–Crippen LogP) is 3.88. The molecule has 1 fully saturated rings. The zero-order valence-corrected chi connectivity index (χ0v) is 18.7. The molecule has 3 heterocycles. The van der Waals surface area contributed by atoms with Crippen LogP contribution in [0.25, 0.3) is 22.2 Å². The molecule has 168 valence electrons. The highest BCUT2D eigenvalue weighted by atomic mass is 16.5. The Bertz CT molecular complexity index is 1260. The fraction of sp³-hybridized carbons (Fsp3) is 0.269. The minimum Gasteiger partial charge on any atom is -0.379 e. The number of benzene rings is 2. The highest BCUT2D eigenvalue weighted by molar-refractivity contribution is 5.96. The van der Waals surface area contributed by atoms with Gasteiger partial charge in [0.15, 0.2) is 5.65 Å². The first-order valence-corrected chi connectivity index (χ1v) is 11.2. The van der Waals surface area contributed by atoms with Crippen molar-refractivity contribution in [2.45, 2.75) is 20.0 Å². The lowest BCUT2D eigenvalue weighted by Crippen LogP contribution is -2.35. The Morgan fingerprint density at radius 2 is 1.88 bits per heavy atom. The van der Waals surface area contributed by atoms with Gasteiger partial charge < -0.3 is 10.1 Å². The average Bonchev–Trinajstić information content (AvgIpc) is 3.15. The van der Waals surface area contributed by atoms with Gasteiger partial charge in [-0.05, 0) is 41.8 Å². The van der Waals surface area contributed by atoms with Crippen molar-refractivity contribution >= 4 is 22.6 Å². The predicted molar refractivity (Wildman–Crippen MR) is 129 cm³/mol. The number of morpholine rings is 1. The van der Waals surface area contributed by atoms with Gasteiger partial charge in [-0.25, -0.2) is 9.67 Å². The minimum absolute atomic E-state index is 0.100. The van der Waals surface area contributed by atoms with Crippen LogP contribution < -0.4 is 5.32 Å². The standard InChI is InChI=1S/C26H27N5O2/c1-19-25-23(21-7-3-2-4-8-21)10-11-27-26(25)31(29-19)18-24(32)28-22-9-5-6-20(16-22)17-30-12-14-33-15-13-30/h2-11,16H,12-15,17-18H2,1H3,(H,28,32). The van der Waals surface area contributed by atoms with E-state index in [1.165, 1.54) is 5.56 Å². The van der Waals surface area contributed by atoms with Crippen LogP contribution in [-0.4, -0.2) is 51.9 Å². The van der Waals surface area contributed by atoms with Crippen molar-refractivity contribution in [2.75, 3.05) is 31.6 Å². The number of rotatable bonds is 6. The second-order valence-electron chi connectivity index (χ2n) is 8.30. The number of aryl methyl sites for hydroxylation is 1. The number of ether oxygens (including phenoxy) is 1. The molecule has 1 aliphatic heterocycles. The summed E-state index contributed by atoms with van der Waals surface area (Å²) in [6.07, 6.45) is 1.77. The van der Waals surface area contributed by atoms with E-state index in [4.69, 9.17) is 4.74 Å². The first-order valence-electron chi connectivity index (χ1n) is 11.2. The Hall–Kier alpha value is -3.55. The third-order valence-electron chi connectivity index (χ3n) is 5.91. The molecule has 5 rings (SSSR count). The number of anilines is 1. The van der Waals surface area contributed by atoms with E-state index in [2.05, 4.69) is 38.5 Å². The first-order chi connectivity index (χ1) is 16.2. The summed E-state index contributed by atoms with van der Waals surface area (Å²) in [5.41, 5.74) is 5.71. The van der Waals surface area contributed by atoms with E-state index in [9.17, 15) is 4.79 Å². The molecule has 0 aliphatic carbocycles. The molecule has 0 radical (unpaired) electrons. The van der Waals surface area contributed by atoms with E-state index in [1.807, 2.05) is 49.4 Å². The number of hydrogen-bond donors (Lipinski definition) is 1. The Morgan fingerprint density at radius 3 is 2.70 bits per heavy atom. The Kier molecular flexibility index (Phi) is 6.15. The number of aromatic nitrogens is 3. The summed E-state index contributed by atoms with van der Waals surface area (Å²) in [5.74, 6) is -0.130. The molecule has 0 saturated carbocycles. The molecule has 1 saturated heterocycles. The van der Waals surface area contributed by atoms with Crippen LogP contribution in [-0.2, 0) is 22.6 Å². The molecule has 2 aromatic carbocycles. The molecule has 1 amide bonds. The Balaban J connectivity index is 1.32. The fourth-order valence-electron chi connectivity index (χ4n) is 4.35. The molecular formula is C26H27N5O2. The van der Waals surface area contributed by atoms with Gasteiger partial charge in [-0.3, -0.25) is 9.69 Å². The van der Waals surface area contributed by atoms with E-state index in [0.717, 1.165) is 60.7 Å². The van der Waals surface area contributed by atoms with E-state index >= 15 is 0 Å². The average molecular weight is 442 g/mol. The molecule has 1 aliphatic rings. The van der Waals surface area contributed by atoms with Gasteiger partial charge in [0.25, 0.3) is 0 Å². The van der Waals surface area contributed by atoms with E-state index in [-0.39, 0.29) is 12.5 Å². The molecule has 7 nitrogen and oxygen atoms in total. The maximum atomic E-state index is 12.9. The summed E-state index contributed by atoms with van der Waals surface area (Å²) in [5, 5.41) is 8.62. The summed E-state index contributed by atoms with van der Waals surface area (Å²) in [6.45, 7) is 6.31. The Labute approximate surface area is 193 Å². The van der Waals surface area contributed by atoms with Gasteiger partial charge in [-0.2, -0.15) is 5.10 Å². The molecule has 4 aromatic rings. The molecular weight excluding hydrogens is 414 g/mol. The monoisotopic (exact) mass is 441 g/mol. The van der Waals surface area contributed by atoms with Crippen LogP contribution in [0.5, 0.6) is 0 Å². The summed E-state index contributed by atoms with van der Waals surface area (Å²) in [4.78, 5) is 19.8. The van der Waals surface area contributed by atoms with E-state index in [1.54, 1.807) is 10.9 Å². The van der Waals surface area contributed by atoms with Crippen molar-refractivity contribution in [1.82, 2.24) is 19.7 Å². The maximum Gasteiger partial charge on any atom is 0.246 e. The lowest BCUT2D eigenvalue weighted by atomic mass is 10.0. The van der Waals surface area contributed by atoms with Crippen LogP contribution in [0.1, 0.15) is 11.3 Å². The van der Waals surface area contributed by atoms with Gasteiger partial charge >= 0.3 is 0 Å². The number of amides is 1. The van der Waals surface area contributed by atoms with Crippen LogP contribution in [0, 0.1) is 6.92 Å². The fourth-order valence-corrected chi connectivity index (χ4v) is 4.35. The van der Waals surface area contributed by atoms with Gasteiger partial charge in [-0.15, -0.1) is 0 Å². The quantitative estimate of drug-likeness (QED) is 0.492. The number of pyridine rings is 1. The first kappa shape index (κ1) is 21.3. The molecule has 0 bridgehead atoms. The third-order valence-corrected chi connectivity index (χ3v) is 5.91. The molecule has 7 heteroatoms. The maximum absolute atomic E-state index is 12.9. The normalized spacial score (nSPS) is 14.5. The van der Waals surface area contributed by atoms with Crippen molar-refractivity contribution in [3.05, 3.63) is 78.1 Å². The van der Waals surface area contributed by atoms with E-state index < -0.39 is 0 Å². The highest BCUT2D eigenvalue weighted by Crippen LogP contribution is 2.29. The van der Waals surface area contributed by atoms with E-state index in [0.29, 0.717) is 5.65 Å². The number of nitrogens with one attached hydrogen (secondary N) is 1. The van der Waals surface area contributed by atoms with Gasteiger partial charge in [-0.1, -0.05) is 42.5 Å². The smallest absolute Gasteiger partial charge is 0.246 e. The van der Waals surface area contributed by atoms with Gasteiger partial charge in [0, 0.05) is 36.9 Å². The highest BCUT2D eigenvalue weighted by Gasteiger charge is 2.16. The van der Waals surface area contributed by atoms with Crippen molar-refractivity contribution in [2.24, 2.45) is 0 Å². The number of nitrogens with zero attached hydrogens (tertiary/aromatic N) is 4. The minimum atomic E-state index is -0.130. The Morgan fingerprint density at radius 1 is 1.06 bits per heavy atom. The molecule has 0 atom stereocenters. The topological polar surface area (TPSA) is 72.3 Å². The zero-order valence-electron chi connectivity index (χ0n) is 18.7. The molecule has 2 aromatic heterocycles. The summed E-state index contributed by atoms with van der Waals surface area (Å²) in [6, 6.07) is 20.2. The SMILES string of the molecule is Cc1nn(CC(=O)Nc2cccc(CN3CCOCC3)c2)c2nccc(-c3ccccc3)c12. The molecule has 1 N–H and O–H groups in total. The van der Waals surface area contributed by atoms with Crippen molar-refractivity contribution in [3.63, 3.8) is 0 Å². The van der Waals surface area contributed by atoms with Gasteiger partial charge in [0.2, 0.25) is 5.91 Å². The molecule has 0 unspecified atom stereocenters. The van der Waals surface area contributed by atoms with Crippen LogP contribution >= 0.6 is 0 Å². The second kappa shape index (κ2) is 9.52. The van der Waals surface area contributed by atoms with Crippen LogP contribution in [0.3, 0.4) is 0 Å². The lowest BCUT2D eigenvalue weighted by molar-refractivity contribution is -0.116. The number of hydrogen-bond acceptors (Lipinski definition) is 5. The van der Waals surface area contributed by atoms with Crippen molar-refractivity contribution < 1.29 is 9.53 Å². The third kappa shape index (κ3) is 4.79. The molecule has 0 spiro atoms. The van der Waals surface area contributed by atoms with Crippen LogP contribution in [0.15, 0.2) is 66.9 Å². The van der Waals surface area contributed by atoms with Crippen LogP contribution in [0.4, 0.5) is 5.69 Å². The van der Waals surface area contributed by atoms with Crippen LogP contribution in [0.2, 0.25) is 0 Å². The zero-order chi connectivity index (χ0) is 22.6. The number of fused-ring (bicyclic) bond motifs is 1. The second-order valence-corrected chi connectivity index (χ2v) is 8.30. The lowest BCUT2D eigenvalue weighted by Gasteiger charge is -2.26. The summed E-state index contributed by atoms with van der Waals surface area (Å²) >= 11 is 0. The summed E-state index contributed by atoms with van der Waals surface area (Å²) in [7, 11) is 0. The number of carbonyl (C=O) groups excluding carboxylic acids is 1. The molecule has 33 heavy (non-hydrogen) atoms. The number of carbonyl (C=O) groups is 1. The van der Waals surface area contributed by atoms with Gasteiger partial charge in [0.05, 0.1) is 18.9 Å². The largest absolute Gasteiger partial charge is 0.379 e.